The van der Waals surface area contributed by atoms with Gasteiger partial charge in [-0.15, -0.1) is 0 Å². The van der Waals surface area contributed by atoms with E-state index in [9.17, 15) is 4.79 Å². The normalized spacial score (nSPS) is 11.0. The van der Waals surface area contributed by atoms with Crippen LogP contribution < -0.4 is 15.5 Å². The predicted octanol–water partition coefficient (Wildman–Crippen LogP) is 3.04. The van der Waals surface area contributed by atoms with Gasteiger partial charge in [-0.2, -0.15) is 5.10 Å². The van der Waals surface area contributed by atoms with Crippen LogP contribution in [0.2, 0.25) is 0 Å². The summed E-state index contributed by atoms with van der Waals surface area (Å²) in [6.45, 7) is 4.58. The summed E-state index contributed by atoms with van der Waals surface area (Å²) in [5, 5.41) is 7.14. The predicted molar refractivity (Wildman–Crippen MR) is 92.9 cm³/mol. The molecule has 1 amide bonds. The minimum atomic E-state index is -0.200. The molecule has 0 bridgehead atoms. The molecule has 0 fully saturated rings. The van der Waals surface area contributed by atoms with Crippen molar-refractivity contribution in [1.29, 1.82) is 0 Å². The van der Waals surface area contributed by atoms with Crippen LogP contribution >= 0.6 is 0 Å². The Balaban J connectivity index is 1.81. The molecule has 5 nitrogen and oxygen atoms in total. The zero-order valence-electron chi connectivity index (χ0n) is 13.4. The quantitative estimate of drug-likeness (QED) is 0.610. The maximum Gasteiger partial charge on any atom is 0.259 e. The van der Waals surface area contributed by atoms with E-state index in [4.69, 9.17) is 4.74 Å². The van der Waals surface area contributed by atoms with Crippen molar-refractivity contribution in [2.24, 2.45) is 5.10 Å². The number of carbonyl (C=O) groups excluding carboxylic acids is 1. The highest BCUT2D eigenvalue weighted by molar-refractivity contribution is 5.99. The van der Waals surface area contributed by atoms with Gasteiger partial charge in [-0.25, -0.2) is 5.43 Å². The van der Waals surface area contributed by atoms with Gasteiger partial charge in [0.15, 0.2) is 0 Å². The number of anilines is 1. The molecule has 0 aliphatic rings. The number of carbonyl (C=O) groups is 1. The van der Waals surface area contributed by atoms with Crippen molar-refractivity contribution in [2.45, 2.75) is 13.8 Å². The molecule has 5 heteroatoms. The second-order valence-corrected chi connectivity index (χ2v) is 4.91. The van der Waals surface area contributed by atoms with Crippen molar-refractivity contribution in [3.8, 4) is 5.75 Å². The fraction of sp³-hybridized carbons (Fsp3) is 0.222. The standard InChI is InChI=1S/C18H21N3O2/c1-3-23-17-11-9-16(10-12-17)19-13-18(22)21-20-14(2)15-7-5-4-6-8-15/h4-12,19H,3,13H2,1-2H3,(H,21,22)/b20-14+. The molecule has 2 aromatic carbocycles. The fourth-order valence-corrected chi connectivity index (χ4v) is 1.95. The monoisotopic (exact) mass is 311 g/mol. The van der Waals surface area contributed by atoms with Crippen molar-refractivity contribution < 1.29 is 9.53 Å². The van der Waals surface area contributed by atoms with Gasteiger partial charge in [-0.05, 0) is 43.7 Å². The molecule has 0 aliphatic heterocycles. The van der Waals surface area contributed by atoms with Crippen LogP contribution in [0.4, 0.5) is 5.69 Å². The largest absolute Gasteiger partial charge is 0.494 e. The molecular formula is C18H21N3O2. The van der Waals surface area contributed by atoms with Crippen LogP contribution in [0.1, 0.15) is 19.4 Å². The van der Waals surface area contributed by atoms with E-state index in [-0.39, 0.29) is 12.5 Å². The lowest BCUT2D eigenvalue weighted by Crippen LogP contribution is -2.26. The number of nitrogens with one attached hydrogen (secondary N) is 2. The lowest BCUT2D eigenvalue weighted by Gasteiger charge is -2.07. The summed E-state index contributed by atoms with van der Waals surface area (Å²) in [6.07, 6.45) is 0. The molecule has 2 N–H and O–H groups in total. The first-order chi connectivity index (χ1) is 11.2. The van der Waals surface area contributed by atoms with Crippen molar-refractivity contribution in [1.82, 2.24) is 5.43 Å². The van der Waals surface area contributed by atoms with Crippen LogP contribution in [0.15, 0.2) is 59.7 Å². The zero-order chi connectivity index (χ0) is 16.5. The third-order valence-corrected chi connectivity index (χ3v) is 3.16. The van der Waals surface area contributed by atoms with Gasteiger partial charge in [0.1, 0.15) is 5.75 Å². The maximum absolute atomic E-state index is 11.8. The van der Waals surface area contributed by atoms with E-state index in [1.165, 1.54) is 0 Å². The van der Waals surface area contributed by atoms with Crippen LogP contribution in [0.3, 0.4) is 0 Å². The minimum Gasteiger partial charge on any atom is -0.494 e. The van der Waals surface area contributed by atoms with E-state index in [0.717, 1.165) is 22.7 Å². The Hall–Kier alpha value is -2.82. The number of rotatable bonds is 7. The summed E-state index contributed by atoms with van der Waals surface area (Å²) >= 11 is 0. The number of hydrogen-bond donors (Lipinski definition) is 2. The Morgan fingerprint density at radius 1 is 1.09 bits per heavy atom. The summed E-state index contributed by atoms with van der Waals surface area (Å²) in [7, 11) is 0. The Morgan fingerprint density at radius 3 is 2.43 bits per heavy atom. The summed E-state index contributed by atoms with van der Waals surface area (Å²) in [6, 6.07) is 17.2. The van der Waals surface area contributed by atoms with Gasteiger partial charge < -0.3 is 10.1 Å². The molecule has 120 valence electrons. The molecule has 0 unspecified atom stereocenters. The van der Waals surface area contributed by atoms with Gasteiger partial charge in [-0.3, -0.25) is 4.79 Å². The number of nitrogens with zero attached hydrogens (tertiary/aromatic N) is 1. The van der Waals surface area contributed by atoms with Crippen LogP contribution in [-0.4, -0.2) is 24.8 Å². The SMILES string of the molecule is CCOc1ccc(NCC(=O)N/N=C(\C)c2ccccc2)cc1. The van der Waals surface area contributed by atoms with Gasteiger partial charge in [-0.1, -0.05) is 30.3 Å². The van der Waals surface area contributed by atoms with Crippen LogP contribution in [0.25, 0.3) is 0 Å². The van der Waals surface area contributed by atoms with Crippen molar-refractivity contribution in [3.63, 3.8) is 0 Å². The Labute approximate surface area is 136 Å². The van der Waals surface area contributed by atoms with Crippen LogP contribution in [-0.2, 0) is 4.79 Å². The summed E-state index contributed by atoms with van der Waals surface area (Å²) in [5.41, 5.74) is 5.14. The molecule has 2 rings (SSSR count). The Kier molecular flexibility index (Phi) is 6.17. The number of hydrazone groups is 1. The van der Waals surface area contributed by atoms with Gasteiger partial charge >= 0.3 is 0 Å². The zero-order valence-corrected chi connectivity index (χ0v) is 13.4. The summed E-state index contributed by atoms with van der Waals surface area (Å²) in [5.74, 6) is 0.611. The smallest absolute Gasteiger partial charge is 0.259 e. The first kappa shape index (κ1) is 16.5. The lowest BCUT2D eigenvalue weighted by atomic mass is 10.1. The van der Waals surface area contributed by atoms with Crippen molar-refractivity contribution in [2.75, 3.05) is 18.5 Å². The molecule has 0 radical (unpaired) electrons. The molecule has 0 atom stereocenters. The molecule has 0 aliphatic carbocycles. The third kappa shape index (κ3) is 5.47. The van der Waals surface area contributed by atoms with E-state index in [2.05, 4.69) is 15.8 Å². The number of hydrogen-bond acceptors (Lipinski definition) is 4. The molecule has 23 heavy (non-hydrogen) atoms. The Bertz CT molecular complexity index is 652. The van der Waals surface area contributed by atoms with E-state index >= 15 is 0 Å². The maximum atomic E-state index is 11.8. The fourth-order valence-electron chi connectivity index (χ4n) is 1.95. The highest BCUT2D eigenvalue weighted by Gasteiger charge is 2.01. The van der Waals surface area contributed by atoms with Crippen molar-refractivity contribution in [3.05, 3.63) is 60.2 Å². The topological polar surface area (TPSA) is 62.7 Å². The first-order valence-corrected chi connectivity index (χ1v) is 7.54. The molecule has 0 saturated carbocycles. The van der Waals surface area contributed by atoms with E-state index < -0.39 is 0 Å². The number of amides is 1. The lowest BCUT2D eigenvalue weighted by molar-refractivity contribution is -0.119. The minimum absolute atomic E-state index is 0.152. The molecule has 2 aromatic rings. The number of benzene rings is 2. The molecule has 0 heterocycles. The molecule has 0 aromatic heterocycles. The molecule has 0 saturated heterocycles. The molecular weight excluding hydrogens is 290 g/mol. The van der Waals surface area contributed by atoms with E-state index in [1.807, 2.05) is 68.4 Å². The summed E-state index contributed by atoms with van der Waals surface area (Å²) in [4.78, 5) is 11.8. The number of ether oxygens (including phenoxy) is 1. The third-order valence-electron chi connectivity index (χ3n) is 3.16. The van der Waals surface area contributed by atoms with Gasteiger partial charge in [0.25, 0.3) is 5.91 Å². The van der Waals surface area contributed by atoms with Gasteiger partial charge in [0.2, 0.25) is 0 Å². The highest BCUT2D eigenvalue weighted by atomic mass is 16.5. The highest BCUT2D eigenvalue weighted by Crippen LogP contribution is 2.15. The first-order valence-electron chi connectivity index (χ1n) is 7.54. The second-order valence-electron chi connectivity index (χ2n) is 4.91. The molecule has 0 spiro atoms. The van der Waals surface area contributed by atoms with Gasteiger partial charge in [0, 0.05) is 5.69 Å². The van der Waals surface area contributed by atoms with Gasteiger partial charge in [0.05, 0.1) is 18.9 Å². The second kappa shape index (κ2) is 8.58. The van der Waals surface area contributed by atoms with Crippen LogP contribution in [0.5, 0.6) is 5.75 Å². The average Bonchev–Trinajstić information content (AvgIpc) is 2.60. The Morgan fingerprint density at radius 2 is 1.78 bits per heavy atom. The average molecular weight is 311 g/mol. The van der Waals surface area contributed by atoms with E-state index in [1.54, 1.807) is 0 Å². The van der Waals surface area contributed by atoms with E-state index in [0.29, 0.717) is 6.61 Å². The summed E-state index contributed by atoms with van der Waals surface area (Å²) < 4.78 is 5.37. The van der Waals surface area contributed by atoms with Crippen molar-refractivity contribution >= 4 is 17.3 Å². The van der Waals surface area contributed by atoms with Crippen LogP contribution in [0, 0.1) is 0 Å².